The van der Waals surface area contributed by atoms with Crippen LogP contribution in [-0.2, 0) is 0 Å². The second-order valence-corrected chi connectivity index (χ2v) is 3.10. The molecule has 2 aromatic heterocycles. The number of carbonyl (C=O) groups is 1. The van der Waals surface area contributed by atoms with Crippen molar-refractivity contribution in [3.05, 3.63) is 29.3 Å². The first kappa shape index (κ1) is 9.92. The highest BCUT2D eigenvalue weighted by molar-refractivity contribution is 5.95. The van der Waals surface area contributed by atoms with Crippen molar-refractivity contribution in [2.75, 3.05) is 5.73 Å². The lowest BCUT2D eigenvalue weighted by molar-refractivity contribution is 0.0939. The molecule has 0 aliphatic rings. The molecular formula is C9H7N5O2. The summed E-state index contributed by atoms with van der Waals surface area (Å²) in [5, 5.41) is 15.9. The maximum absolute atomic E-state index is 11.8. The van der Waals surface area contributed by atoms with E-state index in [4.69, 9.17) is 15.5 Å². The minimum absolute atomic E-state index is 0.00634. The summed E-state index contributed by atoms with van der Waals surface area (Å²) in [5.74, 6) is -0.0291. The molecule has 0 spiro atoms. The minimum atomic E-state index is -0.532. The third-order valence-electron chi connectivity index (χ3n) is 1.97. The lowest BCUT2D eigenvalue weighted by Gasteiger charge is -1.97. The van der Waals surface area contributed by atoms with E-state index in [1.54, 1.807) is 6.92 Å². The lowest BCUT2D eigenvalue weighted by atomic mass is 10.3. The van der Waals surface area contributed by atoms with Gasteiger partial charge in [-0.15, -0.1) is 0 Å². The van der Waals surface area contributed by atoms with E-state index in [-0.39, 0.29) is 17.1 Å². The molecule has 2 N–H and O–H groups in total. The Kier molecular flexibility index (Phi) is 2.17. The number of nitriles is 1. The van der Waals surface area contributed by atoms with Crippen LogP contribution in [0.5, 0.6) is 0 Å². The molecule has 0 aromatic carbocycles. The number of anilines is 1. The Morgan fingerprint density at radius 3 is 2.94 bits per heavy atom. The van der Waals surface area contributed by atoms with Crippen LogP contribution in [0, 0.1) is 18.3 Å². The topological polar surface area (TPSA) is 111 Å². The summed E-state index contributed by atoms with van der Waals surface area (Å²) >= 11 is 0. The first-order chi connectivity index (χ1) is 7.63. The number of hydrogen-bond acceptors (Lipinski definition) is 6. The van der Waals surface area contributed by atoms with E-state index in [2.05, 4.69) is 10.3 Å². The first-order valence-electron chi connectivity index (χ1n) is 4.35. The monoisotopic (exact) mass is 217 g/mol. The summed E-state index contributed by atoms with van der Waals surface area (Å²) in [7, 11) is 0. The predicted octanol–water partition coefficient (Wildman–Crippen LogP) is 0.322. The molecule has 0 fully saturated rings. The van der Waals surface area contributed by atoms with Crippen LogP contribution in [-0.4, -0.2) is 20.8 Å². The summed E-state index contributed by atoms with van der Waals surface area (Å²) in [5.41, 5.74) is 5.80. The van der Waals surface area contributed by atoms with Gasteiger partial charge in [-0.2, -0.15) is 15.0 Å². The molecule has 0 atom stereocenters. The van der Waals surface area contributed by atoms with E-state index in [0.717, 1.165) is 4.68 Å². The molecule has 0 saturated heterocycles. The third-order valence-corrected chi connectivity index (χ3v) is 1.97. The molecular weight excluding hydrogens is 210 g/mol. The van der Waals surface area contributed by atoms with E-state index < -0.39 is 5.91 Å². The third kappa shape index (κ3) is 1.42. The van der Waals surface area contributed by atoms with Crippen molar-refractivity contribution in [1.82, 2.24) is 14.9 Å². The summed E-state index contributed by atoms with van der Waals surface area (Å²) in [6, 6.07) is 3.29. The molecule has 0 unspecified atom stereocenters. The summed E-state index contributed by atoms with van der Waals surface area (Å²) in [4.78, 5) is 11.8. The van der Waals surface area contributed by atoms with E-state index >= 15 is 0 Å². The van der Waals surface area contributed by atoms with Gasteiger partial charge in [0.15, 0.2) is 5.69 Å². The fourth-order valence-corrected chi connectivity index (χ4v) is 1.18. The molecule has 80 valence electrons. The molecule has 7 heteroatoms. The molecule has 16 heavy (non-hydrogen) atoms. The van der Waals surface area contributed by atoms with Crippen molar-refractivity contribution in [3.8, 4) is 6.07 Å². The van der Waals surface area contributed by atoms with Crippen molar-refractivity contribution in [2.24, 2.45) is 0 Å². The number of hydrogen-bond donors (Lipinski definition) is 1. The van der Waals surface area contributed by atoms with Crippen molar-refractivity contribution in [1.29, 1.82) is 5.26 Å². The van der Waals surface area contributed by atoms with E-state index in [9.17, 15) is 4.79 Å². The molecule has 2 heterocycles. The van der Waals surface area contributed by atoms with Gasteiger partial charge in [-0.05, 0) is 6.92 Å². The van der Waals surface area contributed by atoms with Crippen LogP contribution >= 0.6 is 0 Å². The highest BCUT2D eigenvalue weighted by Crippen LogP contribution is 2.12. The standard InChI is InChI=1S/C9H7N5O2/c1-5-2-7(13-16-5)9(15)14-8(11)6(3-10)4-12-14/h2,4H,11H2,1H3. The van der Waals surface area contributed by atoms with Crippen molar-refractivity contribution in [3.63, 3.8) is 0 Å². The molecule has 7 nitrogen and oxygen atoms in total. The number of nitrogen functional groups attached to an aromatic ring is 1. The first-order valence-corrected chi connectivity index (χ1v) is 4.35. The van der Waals surface area contributed by atoms with E-state index in [0.29, 0.717) is 5.76 Å². The molecule has 0 aliphatic heterocycles. The maximum atomic E-state index is 11.8. The normalized spacial score (nSPS) is 10.0. The maximum Gasteiger partial charge on any atom is 0.302 e. The van der Waals surface area contributed by atoms with Gasteiger partial charge in [0.2, 0.25) is 0 Å². The number of aromatic nitrogens is 3. The van der Waals surface area contributed by atoms with Gasteiger partial charge in [0, 0.05) is 6.07 Å². The number of nitrogens with zero attached hydrogens (tertiary/aromatic N) is 4. The smallest absolute Gasteiger partial charge is 0.302 e. The molecule has 2 aromatic rings. The van der Waals surface area contributed by atoms with Crippen LogP contribution in [0.1, 0.15) is 21.8 Å². The van der Waals surface area contributed by atoms with E-state index in [1.165, 1.54) is 12.3 Å². The SMILES string of the molecule is Cc1cc(C(=O)n2ncc(C#N)c2N)no1. The average molecular weight is 217 g/mol. The van der Waals surface area contributed by atoms with Gasteiger partial charge in [0.05, 0.1) is 6.20 Å². The van der Waals surface area contributed by atoms with Crippen LogP contribution < -0.4 is 5.73 Å². The molecule has 0 amide bonds. The Labute approximate surface area is 90.0 Å². The van der Waals surface area contributed by atoms with Crippen molar-refractivity contribution >= 4 is 11.7 Å². The second-order valence-electron chi connectivity index (χ2n) is 3.10. The van der Waals surface area contributed by atoms with Gasteiger partial charge in [-0.3, -0.25) is 4.79 Å². The van der Waals surface area contributed by atoms with Crippen LogP contribution in [0.4, 0.5) is 5.82 Å². The van der Waals surface area contributed by atoms with E-state index in [1.807, 2.05) is 6.07 Å². The molecule has 0 bridgehead atoms. The van der Waals surface area contributed by atoms with Crippen molar-refractivity contribution in [2.45, 2.75) is 6.92 Å². The molecule has 0 aliphatic carbocycles. The number of carbonyl (C=O) groups excluding carboxylic acids is 1. The van der Waals surface area contributed by atoms with Gasteiger partial charge in [0.1, 0.15) is 23.2 Å². The quantitative estimate of drug-likeness (QED) is 0.736. The van der Waals surface area contributed by atoms with Crippen LogP contribution in [0.15, 0.2) is 16.8 Å². The zero-order valence-corrected chi connectivity index (χ0v) is 8.34. The summed E-state index contributed by atoms with van der Waals surface area (Å²) in [6.45, 7) is 1.66. The van der Waals surface area contributed by atoms with Gasteiger partial charge >= 0.3 is 5.91 Å². The minimum Gasteiger partial charge on any atom is -0.382 e. The van der Waals surface area contributed by atoms with Crippen molar-refractivity contribution < 1.29 is 9.32 Å². The van der Waals surface area contributed by atoms with Crippen LogP contribution in [0.25, 0.3) is 0 Å². The fourth-order valence-electron chi connectivity index (χ4n) is 1.18. The summed E-state index contributed by atoms with van der Waals surface area (Å²) < 4.78 is 5.67. The molecule has 0 saturated carbocycles. The van der Waals surface area contributed by atoms with Gasteiger partial charge in [-0.25, -0.2) is 0 Å². The highest BCUT2D eigenvalue weighted by atomic mass is 16.5. The van der Waals surface area contributed by atoms with Crippen LogP contribution in [0.3, 0.4) is 0 Å². The second kappa shape index (κ2) is 3.51. The van der Waals surface area contributed by atoms with Gasteiger partial charge in [0.25, 0.3) is 0 Å². The van der Waals surface area contributed by atoms with Gasteiger partial charge < -0.3 is 10.3 Å². The Balaban J connectivity index is 2.42. The largest absolute Gasteiger partial charge is 0.382 e. The molecule has 0 radical (unpaired) electrons. The zero-order valence-electron chi connectivity index (χ0n) is 8.34. The Hall–Kier alpha value is -2.62. The number of rotatable bonds is 1. The lowest BCUT2D eigenvalue weighted by Crippen LogP contribution is -2.16. The average Bonchev–Trinajstić information content (AvgIpc) is 2.84. The number of aryl methyl sites for hydroxylation is 1. The number of nitrogens with two attached hydrogens (primary N) is 1. The van der Waals surface area contributed by atoms with Gasteiger partial charge in [-0.1, -0.05) is 5.16 Å². The van der Waals surface area contributed by atoms with Crippen LogP contribution in [0.2, 0.25) is 0 Å². The highest BCUT2D eigenvalue weighted by Gasteiger charge is 2.18. The summed E-state index contributed by atoms with van der Waals surface area (Å²) in [6.07, 6.45) is 1.22. The Morgan fingerprint density at radius 2 is 2.44 bits per heavy atom. The fraction of sp³-hybridized carbons (Fsp3) is 0.111. The predicted molar refractivity (Wildman–Crippen MR) is 52.3 cm³/mol. The Bertz CT molecular complexity index is 589. The Morgan fingerprint density at radius 1 is 1.69 bits per heavy atom. The zero-order chi connectivity index (χ0) is 11.7. The molecule has 2 rings (SSSR count).